The van der Waals surface area contributed by atoms with Crippen LogP contribution in [0.1, 0.15) is 15.9 Å². The molecule has 0 spiro atoms. The van der Waals surface area contributed by atoms with Crippen molar-refractivity contribution >= 4 is 17.5 Å². The summed E-state index contributed by atoms with van der Waals surface area (Å²) in [5, 5.41) is 5.00. The third-order valence-corrected chi connectivity index (χ3v) is 4.06. The number of amides is 2. The second-order valence-corrected chi connectivity index (χ2v) is 6.16. The highest BCUT2D eigenvalue weighted by molar-refractivity contribution is 5.99. The first-order valence-corrected chi connectivity index (χ1v) is 8.52. The maximum atomic E-state index is 13.7. The Bertz CT molecular complexity index is 954. The van der Waals surface area contributed by atoms with Gasteiger partial charge in [-0.15, -0.1) is 0 Å². The van der Waals surface area contributed by atoms with Crippen LogP contribution in [0.3, 0.4) is 0 Å². The molecule has 3 aromatic carbocycles. The molecule has 2 N–H and O–H groups in total. The van der Waals surface area contributed by atoms with Crippen molar-refractivity contribution in [3.05, 3.63) is 89.7 Å². The Morgan fingerprint density at radius 2 is 1.56 bits per heavy atom. The Morgan fingerprint density at radius 3 is 2.26 bits per heavy atom. The van der Waals surface area contributed by atoms with E-state index < -0.39 is 11.7 Å². The van der Waals surface area contributed by atoms with Gasteiger partial charge in [-0.25, -0.2) is 4.39 Å². The summed E-state index contributed by atoms with van der Waals surface area (Å²) in [6.45, 7) is 1.56. The molecule has 0 aliphatic rings. The zero-order valence-electron chi connectivity index (χ0n) is 14.8. The van der Waals surface area contributed by atoms with Crippen molar-refractivity contribution in [2.75, 3.05) is 11.9 Å². The van der Waals surface area contributed by atoms with Gasteiger partial charge in [0.05, 0.1) is 12.2 Å². The van der Waals surface area contributed by atoms with Crippen molar-refractivity contribution in [1.82, 2.24) is 5.32 Å². The van der Waals surface area contributed by atoms with Crippen LogP contribution >= 0.6 is 0 Å². The number of nitrogens with one attached hydrogen (secondary N) is 2. The second-order valence-electron chi connectivity index (χ2n) is 6.16. The summed E-state index contributed by atoms with van der Waals surface area (Å²) < 4.78 is 13.7. The van der Waals surface area contributed by atoms with Gasteiger partial charge in [-0.05, 0) is 47.9 Å². The van der Waals surface area contributed by atoms with Gasteiger partial charge in [0.25, 0.3) is 5.91 Å². The fourth-order valence-electron chi connectivity index (χ4n) is 2.64. The number of carbonyl (C=O) groups is 2. The van der Waals surface area contributed by atoms with Gasteiger partial charge in [0, 0.05) is 5.56 Å². The fourth-order valence-corrected chi connectivity index (χ4v) is 2.64. The Hall–Kier alpha value is -3.47. The molecule has 0 saturated heterocycles. The first kappa shape index (κ1) is 18.3. The molecule has 0 heterocycles. The Balaban J connectivity index is 1.57. The van der Waals surface area contributed by atoms with Crippen LogP contribution in [0, 0.1) is 12.7 Å². The van der Waals surface area contributed by atoms with Crippen LogP contribution in [0.15, 0.2) is 72.8 Å². The lowest BCUT2D eigenvalue weighted by Gasteiger charge is -2.09. The van der Waals surface area contributed by atoms with E-state index in [1.54, 1.807) is 25.1 Å². The number of halogens is 1. The molecule has 136 valence electrons. The molecule has 0 unspecified atom stereocenters. The summed E-state index contributed by atoms with van der Waals surface area (Å²) in [6, 6.07) is 21.4. The number of hydrogen-bond acceptors (Lipinski definition) is 2. The van der Waals surface area contributed by atoms with Gasteiger partial charge in [-0.3, -0.25) is 9.59 Å². The maximum Gasteiger partial charge on any atom is 0.251 e. The SMILES string of the molecule is Cc1ccc(F)c(NC(=O)CNC(=O)c2ccc(-c3ccccc3)cc2)c1. The molecule has 0 radical (unpaired) electrons. The highest BCUT2D eigenvalue weighted by Crippen LogP contribution is 2.19. The molecule has 4 nitrogen and oxygen atoms in total. The van der Waals surface area contributed by atoms with Crippen LogP contribution < -0.4 is 10.6 Å². The molecular weight excluding hydrogens is 343 g/mol. The van der Waals surface area contributed by atoms with Crippen molar-refractivity contribution in [2.24, 2.45) is 0 Å². The molecule has 0 aromatic heterocycles. The topological polar surface area (TPSA) is 58.2 Å². The van der Waals surface area contributed by atoms with Gasteiger partial charge in [0.1, 0.15) is 5.82 Å². The van der Waals surface area contributed by atoms with E-state index in [1.165, 1.54) is 12.1 Å². The predicted octanol–water partition coefficient (Wildman–Crippen LogP) is 4.17. The first-order valence-electron chi connectivity index (χ1n) is 8.52. The van der Waals surface area contributed by atoms with Crippen LogP contribution in [0.5, 0.6) is 0 Å². The van der Waals surface area contributed by atoms with E-state index in [0.717, 1.165) is 16.7 Å². The summed E-state index contributed by atoms with van der Waals surface area (Å²) in [7, 11) is 0. The van der Waals surface area contributed by atoms with Gasteiger partial charge in [0.15, 0.2) is 0 Å². The van der Waals surface area contributed by atoms with Crippen LogP contribution in [0.4, 0.5) is 10.1 Å². The molecule has 0 aliphatic heterocycles. The zero-order chi connectivity index (χ0) is 19.2. The molecule has 5 heteroatoms. The standard InChI is InChI=1S/C22H19FN2O2/c1-15-7-12-19(23)20(13-15)25-21(26)14-24-22(27)18-10-8-17(9-11-18)16-5-3-2-4-6-16/h2-13H,14H2,1H3,(H,24,27)(H,25,26). The lowest BCUT2D eigenvalue weighted by atomic mass is 10.0. The second kappa shape index (κ2) is 8.27. The van der Waals surface area contributed by atoms with E-state index >= 15 is 0 Å². The molecule has 0 aliphatic carbocycles. The number of benzene rings is 3. The molecule has 3 aromatic rings. The highest BCUT2D eigenvalue weighted by Gasteiger charge is 2.10. The number of anilines is 1. The van der Waals surface area contributed by atoms with Gasteiger partial charge >= 0.3 is 0 Å². The third kappa shape index (κ3) is 4.79. The average Bonchev–Trinajstić information content (AvgIpc) is 2.70. The number of rotatable bonds is 5. The van der Waals surface area contributed by atoms with Crippen molar-refractivity contribution in [3.8, 4) is 11.1 Å². The van der Waals surface area contributed by atoms with Gasteiger partial charge in [-0.1, -0.05) is 48.5 Å². The Kier molecular flexibility index (Phi) is 5.61. The minimum atomic E-state index is -0.517. The van der Waals surface area contributed by atoms with Crippen LogP contribution in [0.2, 0.25) is 0 Å². The van der Waals surface area contributed by atoms with Crippen LogP contribution in [-0.4, -0.2) is 18.4 Å². The normalized spacial score (nSPS) is 10.3. The Morgan fingerprint density at radius 1 is 0.889 bits per heavy atom. The van der Waals surface area contributed by atoms with Gasteiger partial charge in [0.2, 0.25) is 5.91 Å². The summed E-state index contributed by atoms with van der Waals surface area (Å²) in [6.07, 6.45) is 0. The molecule has 3 rings (SSSR count). The zero-order valence-corrected chi connectivity index (χ0v) is 14.8. The fraction of sp³-hybridized carbons (Fsp3) is 0.0909. The van der Waals surface area contributed by atoms with Crippen LogP contribution in [-0.2, 0) is 4.79 Å². The van der Waals surface area contributed by atoms with E-state index in [0.29, 0.717) is 5.56 Å². The van der Waals surface area contributed by atoms with Crippen LogP contribution in [0.25, 0.3) is 11.1 Å². The molecule has 27 heavy (non-hydrogen) atoms. The number of hydrogen-bond donors (Lipinski definition) is 2. The predicted molar refractivity (Wildman–Crippen MR) is 104 cm³/mol. The lowest BCUT2D eigenvalue weighted by Crippen LogP contribution is -2.33. The highest BCUT2D eigenvalue weighted by atomic mass is 19.1. The maximum absolute atomic E-state index is 13.7. The minimum absolute atomic E-state index is 0.0986. The molecular formula is C22H19FN2O2. The quantitative estimate of drug-likeness (QED) is 0.716. The largest absolute Gasteiger partial charge is 0.343 e. The van der Waals surface area contributed by atoms with Gasteiger partial charge in [-0.2, -0.15) is 0 Å². The van der Waals surface area contributed by atoms with Crippen molar-refractivity contribution in [2.45, 2.75) is 6.92 Å². The monoisotopic (exact) mass is 362 g/mol. The van der Waals surface area contributed by atoms with E-state index in [2.05, 4.69) is 10.6 Å². The van der Waals surface area contributed by atoms with Crippen molar-refractivity contribution < 1.29 is 14.0 Å². The van der Waals surface area contributed by atoms with Gasteiger partial charge < -0.3 is 10.6 Å². The van der Waals surface area contributed by atoms with E-state index in [-0.39, 0.29) is 18.1 Å². The molecule has 0 saturated carbocycles. The third-order valence-electron chi connectivity index (χ3n) is 4.06. The van der Waals surface area contributed by atoms with Crippen molar-refractivity contribution in [3.63, 3.8) is 0 Å². The van der Waals surface area contributed by atoms with E-state index in [1.807, 2.05) is 42.5 Å². The number of aryl methyl sites for hydroxylation is 1. The molecule has 0 fully saturated rings. The average molecular weight is 362 g/mol. The van der Waals surface area contributed by atoms with E-state index in [9.17, 15) is 14.0 Å². The number of carbonyl (C=O) groups excluding carboxylic acids is 2. The lowest BCUT2D eigenvalue weighted by molar-refractivity contribution is -0.115. The minimum Gasteiger partial charge on any atom is -0.343 e. The summed E-state index contributed by atoms with van der Waals surface area (Å²) in [4.78, 5) is 24.2. The van der Waals surface area contributed by atoms with E-state index in [4.69, 9.17) is 0 Å². The Labute approximate surface area is 157 Å². The summed E-state index contributed by atoms with van der Waals surface area (Å²) in [5.41, 5.74) is 3.43. The molecule has 0 atom stereocenters. The summed E-state index contributed by atoms with van der Waals surface area (Å²) in [5.74, 6) is -1.37. The smallest absolute Gasteiger partial charge is 0.251 e. The molecule has 2 amide bonds. The van der Waals surface area contributed by atoms with Crippen molar-refractivity contribution in [1.29, 1.82) is 0 Å². The first-order chi connectivity index (χ1) is 13.0. The summed E-state index contributed by atoms with van der Waals surface area (Å²) >= 11 is 0. The molecule has 0 bridgehead atoms.